The van der Waals surface area contributed by atoms with E-state index in [2.05, 4.69) is 5.32 Å². The van der Waals surface area contributed by atoms with Crippen LogP contribution in [-0.2, 0) is 6.42 Å². The van der Waals surface area contributed by atoms with Gasteiger partial charge in [0.1, 0.15) is 6.10 Å². The Balaban J connectivity index is 2.65. The summed E-state index contributed by atoms with van der Waals surface area (Å²) in [5, 5.41) is 31.0. The molecule has 0 bridgehead atoms. The van der Waals surface area contributed by atoms with E-state index in [4.69, 9.17) is 5.11 Å². The van der Waals surface area contributed by atoms with E-state index >= 15 is 0 Å². The van der Waals surface area contributed by atoms with Crippen LogP contribution in [-0.4, -0.2) is 41.6 Å². The molecule has 0 spiro atoms. The second kappa shape index (κ2) is 6.60. The van der Waals surface area contributed by atoms with E-state index in [1.807, 2.05) is 12.1 Å². The van der Waals surface area contributed by atoms with Crippen molar-refractivity contribution in [2.24, 2.45) is 0 Å². The van der Waals surface area contributed by atoms with E-state index in [0.717, 1.165) is 5.56 Å². The highest BCUT2D eigenvalue weighted by atomic mass is 16.3. The normalized spacial score (nSPS) is 14.8. The number of hydrogen-bond acceptors (Lipinski definition) is 4. The zero-order chi connectivity index (χ0) is 12.0. The Kier molecular flexibility index (Phi) is 5.42. The third kappa shape index (κ3) is 3.57. The molecule has 0 aliphatic rings. The quantitative estimate of drug-likeness (QED) is 0.542. The van der Waals surface area contributed by atoms with Crippen molar-refractivity contribution in [1.82, 2.24) is 5.32 Å². The van der Waals surface area contributed by atoms with Crippen molar-refractivity contribution in [1.29, 1.82) is 0 Å². The van der Waals surface area contributed by atoms with Crippen LogP contribution < -0.4 is 5.32 Å². The number of benzene rings is 1. The summed E-state index contributed by atoms with van der Waals surface area (Å²) in [5.74, 6) is 0. The first-order chi connectivity index (χ1) is 7.69. The number of likely N-dealkylation sites (N-methyl/N-ethyl adjacent to an activating group) is 1. The fourth-order valence-electron chi connectivity index (χ4n) is 1.55. The molecule has 16 heavy (non-hydrogen) atoms. The van der Waals surface area contributed by atoms with Gasteiger partial charge in [0.2, 0.25) is 0 Å². The molecule has 0 fully saturated rings. The highest BCUT2D eigenvalue weighted by Crippen LogP contribution is 2.17. The largest absolute Gasteiger partial charge is 0.396 e. The Morgan fingerprint density at radius 2 is 1.81 bits per heavy atom. The van der Waals surface area contributed by atoms with Gasteiger partial charge in [0.15, 0.2) is 0 Å². The highest BCUT2D eigenvalue weighted by Gasteiger charge is 2.16. The average molecular weight is 225 g/mol. The molecule has 0 saturated carbocycles. The molecule has 1 aromatic carbocycles. The van der Waals surface area contributed by atoms with E-state index in [-0.39, 0.29) is 6.61 Å². The average Bonchev–Trinajstić information content (AvgIpc) is 2.30. The van der Waals surface area contributed by atoms with E-state index in [9.17, 15) is 10.2 Å². The Morgan fingerprint density at radius 1 is 1.19 bits per heavy atom. The molecule has 0 radical (unpaired) electrons. The molecule has 90 valence electrons. The predicted molar refractivity (Wildman–Crippen MR) is 62.1 cm³/mol. The molecular formula is C12H19NO3. The molecule has 0 saturated heterocycles. The van der Waals surface area contributed by atoms with Gasteiger partial charge in [-0.25, -0.2) is 0 Å². The van der Waals surface area contributed by atoms with Crippen LogP contribution in [0.4, 0.5) is 0 Å². The second-order valence-electron chi connectivity index (χ2n) is 3.79. The lowest BCUT2D eigenvalue weighted by atomic mass is 10.0. The smallest absolute Gasteiger partial charge is 0.106 e. The van der Waals surface area contributed by atoms with Gasteiger partial charge in [-0.1, -0.05) is 24.3 Å². The summed E-state index contributed by atoms with van der Waals surface area (Å²) in [4.78, 5) is 0. The molecule has 0 heterocycles. The zero-order valence-corrected chi connectivity index (χ0v) is 9.43. The lowest BCUT2D eigenvalue weighted by Crippen LogP contribution is -2.29. The second-order valence-corrected chi connectivity index (χ2v) is 3.79. The van der Waals surface area contributed by atoms with E-state index in [0.29, 0.717) is 18.5 Å². The third-order valence-electron chi connectivity index (χ3n) is 2.50. The fourth-order valence-corrected chi connectivity index (χ4v) is 1.55. The van der Waals surface area contributed by atoms with Crippen LogP contribution in [0.15, 0.2) is 24.3 Å². The standard InChI is InChI=1S/C12H19NO3/c1-13-8-11(15)12(16)10-4-2-9(3-5-10)6-7-14/h2-5,11-16H,6-8H2,1H3. The number of aliphatic hydroxyl groups excluding tert-OH is 3. The summed E-state index contributed by atoms with van der Waals surface area (Å²) in [6, 6.07) is 7.24. The van der Waals surface area contributed by atoms with Gasteiger partial charge >= 0.3 is 0 Å². The van der Waals surface area contributed by atoms with Crippen molar-refractivity contribution in [2.75, 3.05) is 20.2 Å². The molecule has 4 nitrogen and oxygen atoms in total. The van der Waals surface area contributed by atoms with Crippen molar-refractivity contribution in [3.05, 3.63) is 35.4 Å². The van der Waals surface area contributed by atoms with Gasteiger partial charge in [-0.3, -0.25) is 0 Å². The van der Waals surface area contributed by atoms with Crippen molar-refractivity contribution < 1.29 is 15.3 Å². The minimum absolute atomic E-state index is 0.115. The SMILES string of the molecule is CNCC(O)C(O)c1ccc(CCO)cc1. The fraction of sp³-hybridized carbons (Fsp3) is 0.500. The lowest BCUT2D eigenvalue weighted by Gasteiger charge is -2.17. The van der Waals surface area contributed by atoms with Crippen LogP contribution in [0.3, 0.4) is 0 Å². The van der Waals surface area contributed by atoms with Crippen LogP contribution in [0.1, 0.15) is 17.2 Å². The Labute approximate surface area is 95.6 Å². The monoisotopic (exact) mass is 225 g/mol. The summed E-state index contributed by atoms with van der Waals surface area (Å²) < 4.78 is 0. The summed E-state index contributed by atoms with van der Waals surface area (Å²) in [5.41, 5.74) is 1.70. The minimum Gasteiger partial charge on any atom is -0.396 e. The summed E-state index contributed by atoms with van der Waals surface area (Å²) in [6.45, 7) is 0.462. The molecule has 0 amide bonds. The van der Waals surface area contributed by atoms with Crippen LogP contribution in [0, 0.1) is 0 Å². The summed E-state index contributed by atoms with van der Waals surface area (Å²) >= 11 is 0. The van der Waals surface area contributed by atoms with Crippen molar-refractivity contribution >= 4 is 0 Å². The molecule has 4 N–H and O–H groups in total. The Hall–Kier alpha value is -0.940. The van der Waals surface area contributed by atoms with Crippen molar-refractivity contribution in [3.8, 4) is 0 Å². The number of nitrogens with one attached hydrogen (secondary N) is 1. The maximum absolute atomic E-state index is 9.80. The first-order valence-corrected chi connectivity index (χ1v) is 5.39. The Morgan fingerprint density at radius 3 is 2.31 bits per heavy atom. The van der Waals surface area contributed by atoms with E-state index in [1.54, 1.807) is 19.2 Å². The topological polar surface area (TPSA) is 72.7 Å². The van der Waals surface area contributed by atoms with Crippen LogP contribution in [0.25, 0.3) is 0 Å². The van der Waals surface area contributed by atoms with Gasteiger partial charge in [-0.2, -0.15) is 0 Å². The molecule has 1 aromatic rings. The molecule has 0 aliphatic heterocycles. The number of hydrogen-bond donors (Lipinski definition) is 4. The Bertz CT molecular complexity index is 300. The van der Waals surface area contributed by atoms with Gasteiger partial charge in [0.05, 0.1) is 6.10 Å². The minimum atomic E-state index is -0.879. The van der Waals surface area contributed by atoms with E-state index < -0.39 is 12.2 Å². The van der Waals surface area contributed by atoms with Gasteiger partial charge in [0.25, 0.3) is 0 Å². The molecule has 1 rings (SSSR count). The van der Waals surface area contributed by atoms with Gasteiger partial charge in [-0.15, -0.1) is 0 Å². The molecule has 0 aromatic heterocycles. The molecule has 2 atom stereocenters. The summed E-state index contributed by atoms with van der Waals surface area (Å²) in [7, 11) is 1.72. The molecule has 2 unspecified atom stereocenters. The predicted octanol–water partition coefficient (Wildman–Crippen LogP) is -0.165. The van der Waals surface area contributed by atoms with Crippen LogP contribution in [0.2, 0.25) is 0 Å². The molecule has 4 heteroatoms. The van der Waals surface area contributed by atoms with Crippen molar-refractivity contribution in [3.63, 3.8) is 0 Å². The lowest BCUT2D eigenvalue weighted by molar-refractivity contribution is 0.0202. The first kappa shape index (κ1) is 13.1. The van der Waals surface area contributed by atoms with Crippen molar-refractivity contribution in [2.45, 2.75) is 18.6 Å². The summed E-state index contributed by atoms with van der Waals surface area (Å²) in [6.07, 6.45) is -1.08. The number of rotatable bonds is 6. The van der Waals surface area contributed by atoms with Crippen LogP contribution >= 0.6 is 0 Å². The highest BCUT2D eigenvalue weighted by molar-refractivity contribution is 5.25. The molecular weight excluding hydrogens is 206 g/mol. The van der Waals surface area contributed by atoms with Gasteiger partial charge < -0.3 is 20.6 Å². The van der Waals surface area contributed by atoms with Crippen LogP contribution in [0.5, 0.6) is 0 Å². The third-order valence-corrected chi connectivity index (χ3v) is 2.50. The molecule has 0 aliphatic carbocycles. The number of aliphatic hydroxyl groups is 3. The van der Waals surface area contributed by atoms with E-state index in [1.165, 1.54) is 0 Å². The maximum atomic E-state index is 9.80. The maximum Gasteiger partial charge on any atom is 0.106 e. The van der Waals surface area contributed by atoms with Gasteiger partial charge in [-0.05, 0) is 24.6 Å². The zero-order valence-electron chi connectivity index (χ0n) is 9.43. The first-order valence-electron chi connectivity index (χ1n) is 5.39. The van der Waals surface area contributed by atoms with Gasteiger partial charge in [0, 0.05) is 13.2 Å².